The first-order chi connectivity index (χ1) is 11.4. The Labute approximate surface area is 143 Å². The maximum atomic E-state index is 14.0. The SMILES string of the molecule is NC(=O)CNC(=O)CC1C(=O)NCCN1Cc1c(F)cccc1Cl. The summed E-state index contributed by atoms with van der Waals surface area (Å²) in [5.41, 5.74) is 5.24. The highest BCUT2D eigenvalue weighted by Gasteiger charge is 2.32. The van der Waals surface area contributed by atoms with Gasteiger partial charge < -0.3 is 16.4 Å². The van der Waals surface area contributed by atoms with Crippen molar-refractivity contribution in [3.8, 4) is 0 Å². The average molecular weight is 357 g/mol. The lowest BCUT2D eigenvalue weighted by molar-refractivity contribution is -0.134. The molecule has 9 heteroatoms. The van der Waals surface area contributed by atoms with E-state index in [9.17, 15) is 18.8 Å². The van der Waals surface area contributed by atoms with E-state index in [4.69, 9.17) is 17.3 Å². The highest BCUT2D eigenvalue weighted by molar-refractivity contribution is 6.31. The normalized spacial score (nSPS) is 18.1. The lowest BCUT2D eigenvalue weighted by Gasteiger charge is -2.34. The van der Waals surface area contributed by atoms with Crippen molar-refractivity contribution in [1.82, 2.24) is 15.5 Å². The van der Waals surface area contributed by atoms with Crippen LogP contribution >= 0.6 is 11.6 Å². The van der Waals surface area contributed by atoms with E-state index < -0.39 is 23.7 Å². The molecule has 7 nitrogen and oxygen atoms in total. The van der Waals surface area contributed by atoms with Crippen molar-refractivity contribution >= 4 is 29.3 Å². The fourth-order valence-electron chi connectivity index (χ4n) is 2.49. The first kappa shape index (κ1) is 18.2. The van der Waals surface area contributed by atoms with E-state index in [0.29, 0.717) is 13.1 Å². The zero-order valence-corrected chi connectivity index (χ0v) is 13.6. The Morgan fingerprint density at radius 3 is 2.88 bits per heavy atom. The van der Waals surface area contributed by atoms with Gasteiger partial charge in [-0.3, -0.25) is 19.3 Å². The summed E-state index contributed by atoms with van der Waals surface area (Å²) < 4.78 is 14.0. The van der Waals surface area contributed by atoms with Crippen LogP contribution in [0, 0.1) is 5.82 Å². The van der Waals surface area contributed by atoms with Gasteiger partial charge in [0, 0.05) is 30.2 Å². The monoisotopic (exact) mass is 356 g/mol. The molecule has 3 amide bonds. The highest BCUT2D eigenvalue weighted by atomic mass is 35.5. The second kappa shape index (κ2) is 8.07. The minimum atomic E-state index is -0.776. The number of benzene rings is 1. The maximum absolute atomic E-state index is 14.0. The third kappa shape index (κ3) is 4.65. The van der Waals surface area contributed by atoms with E-state index in [1.807, 2.05) is 0 Å². The molecule has 130 valence electrons. The van der Waals surface area contributed by atoms with Gasteiger partial charge in [-0.25, -0.2) is 4.39 Å². The van der Waals surface area contributed by atoms with Crippen molar-refractivity contribution < 1.29 is 18.8 Å². The molecule has 0 bridgehead atoms. The molecule has 1 aromatic rings. The van der Waals surface area contributed by atoms with Crippen LogP contribution in [0.1, 0.15) is 12.0 Å². The average Bonchev–Trinajstić information content (AvgIpc) is 2.52. The molecule has 1 unspecified atom stereocenters. The lowest BCUT2D eigenvalue weighted by atomic mass is 10.1. The van der Waals surface area contributed by atoms with Crippen LogP contribution in [-0.2, 0) is 20.9 Å². The van der Waals surface area contributed by atoms with Gasteiger partial charge in [-0.05, 0) is 12.1 Å². The minimum Gasteiger partial charge on any atom is -0.368 e. The predicted molar refractivity (Wildman–Crippen MR) is 85.4 cm³/mol. The molecule has 1 aromatic carbocycles. The van der Waals surface area contributed by atoms with E-state index in [1.54, 1.807) is 11.0 Å². The quantitative estimate of drug-likeness (QED) is 0.655. The first-order valence-electron chi connectivity index (χ1n) is 7.38. The number of amides is 3. The Kier molecular flexibility index (Phi) is 6.10. The van der Waals surface area contributed by atoms with E-state index in [1.165, 1.54) is 12.1 Å². The van der Waals surface area contributed by atoms with Gasteiger partial charge >= 0.3 is 0 Å². The molecule has 1 aliphatic heterocycles. The summed E-state index contributed by atoms with van der Waals surface area (Å²) in [5, 5.41) is 5.27. The number of hydrogen-bond acceptors (Lipinski definition) is 4. The molecular formula is C15H18ClFN4O3. The molecule has 4 N–H and O–H groups in total. The Morgan fingerprint density at radius 2 is 2.21 bits per heavy atom. The minimum absolute atomic E-state index is 0.104. The summed E-state index contributed by atoms with van der Waals surface area (Å²) in [7, 11) is 0. The van der Waals surface area contributed by atoms with Gasteiger partial charge in [-0.2, -0.15) is 0 Å². The van der Waals surface area contributed by atoms with Crippen LogP contribution in [-0.4, -0.2) is 48.3 Å². The molecule has 0 radical (unpaired) electrons. The van der Waals surface area contributed by atoms with Crippen molar-refractivity contribution in [2.45, 2.75) is 19.0 Å². The molecule has 1 atom stereocenters. The summed E-state index contributed by atoms with van der Waals surface area (Å²) in [6.45, 7) is 0.646. The van der Waals surface area contributed by atoms with E-state index in [-0.39, 0.29) is 36.0 Å². The Morgan fingerprint density at radius 1 is 1.46 bits per heavy atom. The van der Waals surface area contributed by atoms with E-state index in [0.717, 1.165) is 0 Å². The first-order valence-corrected chi connectivity index (χ1v) is 7.76. The van der Waals surface area contributed by atoms with E-state index in [2.05, 4.69) is 10.6 Å². The van der Waals surface area contributed by atoms with Crippen molar-refractivity contribution in [2.24, 2.45) is 5.73 Å². The molecule has 0 saturated carbocycles. The number of piperazine rings is 1. The molecule has 1 aliphatic rings. The maximum Gasteiger partial charge on any atom is 0.237 e. The van der Waals surface area contributed by atoms with Gasteiger partial charge in [-0.1, -0.05) is 17.7 Å². The van der Waals surface area contributed by atoms with Crippen LogP contribution in [0.3, 0.4) is 0 Å². The van der Waals surface area contributed by atoms with Crippen molar-refractivity contribution in [3.63, 3.8) is 0 Å². The molecule has 1 fully saturated rings. The number of rotatable bonds is 6. The topological polar surface area (TPSA) is 105 Å². The van der Waals surface area contributed by atoms with Gasteiger partial charge in [-0.15, -0.1) is 0 Å². The van der Waals surface area contributed by atoms with Gasteiger partial charge in [0.05, 0.1) is 19.0 Å². The number of halogens is 2. The van der Waals surface area contributed by atoms with Crippen LogP contribution in [0.2, 0.25) is 5.02 Å². The second-order valence-electron chi connectivity index (χ2n) is 5.42. The molecule has 0 aromatic heterocycles. The van der Waals surface area contributed by atoms with Crippen LogP contribution in [0.5, 0.6) is 0 Å². The van der Waals surface area contributed by atoms with Crippen LogP contribution in [0.15, 0.2) is 18.2 Å². The van der Waals surface area contributed by atoms with Crippen molar-refractivity contribution in [3.05, 3.63) is 34.6 Å². The van der Waals surface area contributed by atoms with Crippen molar-refractivity contribution in [2.75, 3.05) is 19.6 Å². The van der Waals surface area contributed by atoms with Crippen LogP contribution in [0.4, 0.5) is 4.39 Å². The van der Waals surface area contributed by atoms with Gasteiger partial charge in [0.1, 0.15) is 5.82 Å². The standard InChI is InChI=1S/C15H18ClFN4O3/c16-10-2-1-3-11(17)9(10)8-21-5-4-19-15(24)12(21)6-14(23)20-7-13(18)22/h1-3,12H,4-8H2,(H2,18,22)(H,19,24)(H,20,23). The van der Waals surface area contributed by atoms with Gasteiger partial charge in [0.25, 0.3) is 0 Å². The highest BCUT2D eigenvalue weighted by Crippen LogP contribution is 2.23. The summed E-state index contributed by atoms with van der Waals surface area (Å²) in [6, 6.07) is 3.58. The van der Waals surface area contributed by atoms with Gasteiger partial charge in [0.15, 0.2) is 0 Å². The number of nitrogens with one attached hydrogen (secondary N) is 2. The molecular weight excluding hydrogens is 339 g/mol. The number of primary amides is 1. The third-order valence-electron chi connectivity index (χ3n) is 3.70. The molecule has 2 rings (SSSR count). The zero-order valence-electron chi connectivity index (χ0n) is 12.9. The van der Waals surface area contributed by atoms with Crippen LogP contribution < -0.4 is 16.4 Å². The molecule has 0 aliphatic carbocycles. The fraction of sp³-hybridized carbons (Fsp3) is 0.400. The van der Waals surface area contributed by atoms with Gasteiger partial charge in [0.2, 0.25) is 17.7 Å². The smallest absolute Gasteiger partial charge is 0.237 e. The summed E-state index contributed by atoms with van der Waals surface area (Å²) in [4.78, 5) is 36.3. The Balaban J connectivity index is 2.10. The molecule has 1 heterocycles. The largest absolute Gasteiger partial charge is 0.368 e. The second-order valence-corrected chi connectivity index (χ2v) is 5.83. The van der Waals surface area contributed by atoms with Crippen LogP contribution in [0.25, 0.3) is 0 Å². The Hall–Kier alpha value is -2.19. The third-order valence-corrected chi connectivity index (χ3v) is 4.06. The number of nitrogens with zero attached hydrogens (tertiary/aromatic N) is 1. The van der Waals surface area contributed by atoms with E-state index >= 15 is 0 Å². The Bertz CT molecular complexity index is 635. The number of carbonyl (C=O) groups excluding carboxylic acids is 3. The molecule has 0 spiro atoms. The predicted octanol–water partition coefficient (Wildman–Crippen LogP) is -0.229. The summed E-state index contributed by atoms with van der Waals surface area (Å²) in [5.74, 6) is -1.96. The number of nitrogens with two attached hydrogens (primary N) is 1. The lowest BCUT2D eigenvalue weighted by Crippen LogP contribution is -2.56. The number of hydrogen-bond donors (Lipinski definition) is 3. The summed E-state index contributed by atoms with van der Waals surface area (Å²) in [6.07, 6.45) is -0.162. The fourth-order valence-corrected chi connectivity index (χ4v) is 2.72. The molecule has 24 heavy (non-hydrogen) atoms. The van der Waals surface area contributed by atoms with Crippen molar-refractivity contribution in [1.29, 1.82) is 0 Å². The zero-order chi connectivity index (χ0) is 17.7. The molecule has 1 saturated heterocycles. The number of carbonyl (C=O) groups is 3. The summed E-state index contributed by atoms with van der Waals surface area (Å²) >= 11 is 6.03.